The van der Waals surface area contributed by atoms with Gasteiger partial charge in [0.15, 0.2) is 0 Å². The third-order valence-electron chi connectivity index (χ3n) is 4.02. The second-order valence-corrected chi connectivity index (χ2v) is 7.57. The van der Waals surface area contributed by atoms with Gasteiger partial charge in [-0.15, -0.1) is 11.3 Å². The molecule has 3 aromatic rings. The Morgan fingerprint density at radius 2 is 2.11 bits per heavy atom. The van der Waals surface area contributed by atoms with Crippen LogP contribution >= 0.6 is 22.9 Å². The summed E-state index contributed by atoms with van der Waals surface area (Å²) in [7, 11) is 0. The van der Waals surface area contributed by atoms with Crippen LogP contribution in [0.3, 0.4) is 0 Å². The first-order valence-electron chi connectivity index (χ1n) is 8.11. The molecule has 0 aliphatic carbocycles. The molecular weight excluding hydrogens is 394 g/mol. The van der Waals surface area contributed by atoms with Crippen LogP contribution in [0.25, 0.3) is 10.6 Å². The summed E-state index contributed by atoms with van der Waals surface area (Å²) in [5, 5.41) is 7.93. The number of nitrogens with one attached hydrogen (secondary N) is 2. The Morgan fingerprint density at radius 3 is 2.81 bits per heavy atom. The fraction of sp³-hybridized carbons (Fsp3) is 0.235. The lowest BCUT2D eigenvalue weighted by Gasteiger charge is -2.26. The number of hydrogen-bond donors (Lipinski definition) is 2. The van der Waals surface area contributed by atoms with E-state index in [1.54, 1.807) is 0 Å². The van der Waals surface area contributed by atoms with Crippen molar-refractivity contribution in [3.8, 4) is 15.6 Å². The van der Waals surface area contributed by atoms with E-state index in [4.69, 9.17) is 4.74 Å². The Labute approximate surface area is 161 Å². The predicted octanol–water partition coefficient (Wildman–Crippen LogP) is 3.40. The fourth-order valence-corrected chi connectivity index (χ4v) is 3.88. The highest BCUT2D eigenvalue weighted by molar-refractivity contribution is 7.13. The fourth-order valence-electron chi connectivity index (χ4n) is 2.46. The Hall–Kier alpha value is -2.43. The molecule has 2 N–H and O–H groups in total. The molecule has 27 heavy (non-hydrogen) atoms. The monoisotopic (exact) mass is 408 g/mol. The van der Waals surface area contributed by atoms with Crippen molar-refractivity contribution in [2.75, 3.05) is 25.0 Å². The molecule has 1 amide bonds. The first-order valence-corrected chi connectivity index (χ1v) is 9.76. The van der Waals surface area contributed by atoms with Gasteiger partial charge in [0.2, 0.25) is 5.06 Å². The van der Waals surface area contributed by atoms with Crippen molar-refractivity contribution >= 4 is 34.5 Å². The molecule has 1 fully saturated rings. The van der Waals surface area contributed by atoms with E-state index in [1.165, 1.54) is 17.6 Å². The predicted molar refractivity (Wildman–Crippen MR) is 99.4 cm³/mol. The molecule has 0 bridgehead atoms. The number of rotatable bonds is 6. The van der Waals surface area contributed by atoms with Gasteiger partial charge in [0.05, 0.1) is 18.4 Å². The number of nitrogens with zero attached hydrogens (tertiary/aromatic N) is 2. The number of hydrogen-bond acceptors (Lipinski definition) is 7. The third kappa shape index (κ3) is 3.82. The van der Waals surface area contributed by atoms with Crippen LogP contribution in [0.4, 0.5) is 14.5 Å². The minimum Gasteiger partial charge on any atom is -0.481 e. The van der Waals surface area contributed by atoms with Gasteiger partial charge >= 0.3 is 0 Å². The zero-order valence-electron chi connectivity index (χ0n) is 13.9. The van der Waals surface area contributed by atoms with Gasteiger partial charge < -0.3 is 15.4 Å². The van der Waals surface area contributed by atoms with Crippen LogP contribution in [-0.4, -0.2) is 35.0 Å². The maximum absolute atomic E-state index is 13.9. The molecule has 1 aliphatic heterocycles. The second kappa shape index (κ2) is 7.67. The lowest BCUT2D eigenvalue weighted by molar-refractivity contribution is 0.102. The van der Waals surface area contributed by atoms with Crippen LogP contribution < -0.4 is 15.4 Å². The van der Waals surface area contributed by atoms with Crippen molar-refractivity contribution in [2.45, 2.75) is 0 Å². The Balaban J connectivity index is 1.47. The van der Waals surface area contributed by atoms with Crippen LogP contribution in [0.5, 0.6) is 5.06 Å². The Bertz CT molecular complexity index is 951. The van der Waals surface area contributed by atoms with E-state index in [9.17, 15) is 13.6 Å². The van der Waals surface area contributed by atoms with Crippen LogP contribution in [-0.2, 0) is 0 Å². The molecule has 0 atom stereocenters. The molecule has 6 nitrogen and oxygen atoms in total. The molecular formula is C17H14F2N4O2S2. The number of benzene rings is 1. The smallest absolute Gasteiger partial charge is 0.275 e. The molecule has 10 heteroatoms. The summed E-state index contributed by atoms with van der Waals surface area (Å²) in [6.07, 6.45) is 1.50. The second-order valence-electron chi connectivity index (χ2n) is 5.95. The third-order valence-corrected chi connectivity index (χ3v) is 5.59. The summed E-state index contributed by atoms with van der Waals surface area (Å²) < 4.78 is 37.5. The van der Waals surface area contributed by atoms with Crippen molar-refractivity contribution in [1.82, 2.24) is 14.7 Å². The SMILES string of the molecule is O=C(Nc1cnsc1OCC1CNC1)c1csc(-c2c(F)cccc2F)n1. The number of carbonyl (C=O) groups is 1. The van der Waals surface area contributed by atoms with E-state index in [0.717, 1.165) is 48.1 Å². The van der Waals surface area contributed by atoms with Gasteiger partial charge in [-0.25, -0.2) is 13.8 Å². The number of carbonyl (C=O) groups excluding carboxylic acids is 1. The lowest BCUT2D eigenvalue weighted by atomic mass is 10.1. The normalized spacial score (nSPS) is 14.0. The van der Waals surface area contributed by atoms with Crippen LogP contribution in [0.1, 0.15) is 10.5 Å². The summed E-state index contributed by atoms with van der Waals surface area (Å²) in [5.41, 5.74) is 0.277. The number of thiazole rings is 1. The Morgan fingerprint density at radius 1 is 1.33 bits per heavy atom. The average Bonchev–Trinajstić information content (AvgIpc) is 3.23. The van der Waals surface area contributed by atoms with E-state index in [0.29, 0.717) is 23.3 Å². The van der Waals surface area contributed by atoms with Crippen molar-refractivity contribution in [3.05, 3.63) is 47.1 Å². The highest BCUT2D eigenvalue weighted by Crippen LogP contribution is 2.31. The van der Waals surface area contributed by atoms with Crippen LogP contribution in [0, 0.1) is 17.6 Å². The topological polar surface area (TPSA) is 76.1 Å². The van der Waals surface area contributed by atoms with Crippen LogP contribution in [0.2, 0.25) is 0 Å². The molecule has 0 unspecified atom stereocenters. The summed E-state index contributed by atoms with van der Waals surface area (Å²) in [4.78, 5) is 16.5. The highest BCUT2D eigenvalue weighted by atomic mass is 32.1. The summed E-state index contributed by atoms with van der Waals surface area (Å²) in [6, 6.07) is 3.58. The summed E-state index contributed by atoms with van der Waals surface area (Å²) >= 11 is 2.14. The van der Waals surface area contributed by atoms with E-state index in [2.05, 4.69) is 20.0 Å². The maximum Gasteiger partial charge on any atom is 0.275 e. The van der Waals surface area contributed by atoms with Crippen molar-refractivity contribution in [3.63, 3.8) is 0 Å². The molecule has 0 spiro atoms. The van der Waals surface area contributed by atoms with Gasteiger partial charge in [-0.2, -0.15) is 4.37 Å². The van der Waals surface area contributed by atoms with Gasteiger partial charge in [0.25, 0.3) is 5.91 Å². The van der Waals surface area contributed by atoms with Gasteiger partial charge in [0, 0.05) is 35.9 Å². The van der Waals surface area contributed by atoms with Crippen molar-refractivity contribution in [1.29, 1.82) is 0 Å². The first-order chi connectivity index (χ1) is 13.1. The van der Waals surface area contributed by atoms with Crippen molar-refractivity contribution < 1.29 is 18.3 Å². The van der Waals surface area contributed by atoms with Gasteiger partial charge in [-0.3, -0.25) is 4.79 Å². The van der Waals surface area contributed by atoms with E-state index >= 15 is 0 Å². The van der Waals surface area contributed by atoms with E-state index in [1.807, 2.05) is 0 Å². The highest BCUT2D eigenvalue weighted by Gasteiger charge is 2.21. The average molecular weight is 408 g/mol. The molecule has 1 aromatic carbocycles. The lowest BCUT2D eigenvalue weighted by Crippen LogP contribution is -2.45. The summed E-state index contributed by atoms with van der Waals surface area (Å²) in [5.74, 6) is -1.49. The van der Waals surface area contributed by atoms with Gasteiger partial charge in [-0.05, 0) is 12.1 Å². The van der Waals surface area contributed by atoms with E-state index < -0.39 is 17.5 Å². The molecule has 0 saturated carbocycles. The molecule has 0 radical (unpaired) electrons. The molecule has 140 valence electrons. The molecule has 1 aliphatic rings. The first kappa shape index (κ1) is 18.0. The zero-order chi connectivity index (χ0) is 18.8. The minimum atomic E-state index is -0.723. The minimum absolute atomic E-state index is 0.0676. The van der Waals surface area contributed by atoms with E-state index in [-0.39, 0.29) is 16.3 Å². The number of ether oxygens (including phenoxy) is 1. The van der Waals surface area contributed by atoms with Gasteiger partial charge in [-0.1, -0.05) is 6.07 Å². The summed E-state index contributed by atoms with van der Waals surface area (Å²) in [6.45, 7) is 2.37. The van der Waals surface area contributed by atoms with Crippen LogP contribution in [0.15, 0.2) is 29.8 Å². The number of anilines is 1. The van der Waals surface area contributed by atoms with Crippen molar-refractivity contribution in [2.24, 2.45) is 5.92 Å². The Kier molecular flexibility index (Phi) is 5.10. The van der Waals surface area contributed by atoms with Gasteiger partial charge in [0.1, 0.15) is 28.0 Å². The standard InChI is InChI=1S/C17H14F2N4O2S2/c18-10-2-1-3-11(19)14(10)16-23-13(8-26-16)15(24)22-12-6-21-27-17(12)25-7-9-4-20-5-9/h1-3,6,8-9,20H,4-5,7H2,(H,22,24). The quantitative estimate of drug-likeness (QED) is 0.654. The maximum atomic E-state index is 13.9. The largest absolute Gasteiger partial charge is 0.481 e. The number of aromatic nitrogens is 2. The molecule has 1 saturated heterocycles. The molecule has 4 rings (SSSR count). The molecule has 2 aromatic heterocycles. The molecule has 3 heterocycles. The number of amides is 1. The number of halogens is 2. The zero-order valence-corrected chi connectivity index (χ0v) is 15.5.